The number of aromatic nitrogens is 3. The summed E-state index contributed by atoms with van der Waals surface area (Å²) in [6.45, 7) is 4.37. The van der Waals surface area contributed by atoms with Gasteiger partial charge in [-0.1, -0.05) is 30.0 Å². The first-order valence-electron chi connectivity index (χ1n) is 8.36. The predicted octanol–water partition coefficient (Wildman–Crippen LogP) is 3.63. The van der Waals surface area contributed by atoms with Crippen molar-refractivity contribution in [2.75, 3.05) is 12.9 Å². The van der Waals surface area contributed by atoms with Crippen LogP contribution in [-0.4, -0.2) is 34.0 Å². The zero-order valence-corrected chi connectivity index (χ0v) is 17.0. The number of hydrogen-bond acceptors (Lipinski definition) is 7. The standard InChI is InChI=1S/C19H20N4O2S2/c1-12-19(27-13(2)21-12)15-8-9-18(23-22-15)26-11-17(24)20-10-14-6-4-5-7-16(14)25-3/h4-9H,10-11H2,1-3H3,(H,20,24). The Bertz CT molecular complexity index is 926. The van der Waals surface area contributed by atoms with Gasteiger partial charge in [-0.15, -0.1) is 21.5 Å². The van der Waals surface area contributed by atoms with E-state index in [1.807, 2.05) is 50.2 Å². The van der Waals surface area contributed by atoms with Crippen LogP contribution in [0, 0.1) is 13.8 Å². The monoisotopic (exact) mass is 400 g/mol. The molecule has 0 aliphatic heterocycles. The highest BCUT2D eigenvalue weighted by atomic mass is 32.2. The number of nitrogens with zero attached hydrogens (tertiary/aromatic N) is 3. The lowest BCUT2D eigenvalue weighted by Gasteiger charge is -2.09. The molecule has 0 saturated carbocycles. The molecule has 0 fully saturated rings. The third kappa shape index (κ3) is 5.05. The van der Waals surface area contributed by atoms with Crippen LogP contribution >= 0.6 is 23.1 Å². The number of benzene rings is 1. The molecule has 2 heterocycles. The van der Waals surface area contributed by atoms with E-state index in [4.69, 9.17) is 4.74 Å². The summed E-state index contributed by atoms with van der Waals surface area (Å²) < 4.78 is 5.29. The van der Waals surface area contributed by atoms with Gasteiger partial charge in [0, 0.05) is 12.1 Å². The number of nitrogens with one attached hydrogen (secondary N) is 1. The fourth-order valence-corrected chi connectivity index (χ4v) is 4.05. The highest BCUT2D eigenvalue weighted by molar-refractivity contribution is 7.99. The van der Waals surface area contributed by atoms with Gasteiger partial charge >= 0.3 is 0 Å². The van der Waals surface area contributed by atoms with Gasteiger partial charge in [-0.3, -0.25) is 4.79 Å². The lowest BCUT2D eigenvalue weighted by atomic mass is 10.2. The number of thioether (sulfide) groups is 1. The summed E-state index contributed by atoms with van der Waals surface area (Å²) in [5.74, 6) is 0.980. The summed E-state index contributed by atoms with van der Waals surface area (Å²) in [5.41, 5.74) is 2.71. The van der Waals surface area contributed by atoms with Crippen LogP contribution in [0.2, 0.25) is 0 Å². The van der Waals surface area contributed by atoms with Gasteiger partial charge in [0.1, 0.15) is 16.5 Å². The van der Waals surface area contributed by atoms with Gasteiger partial charge in [0.25, 0.3) is 0 Å². The van der Waals surface area contributed by atoms with Crippen LogP contribution < -0.4 is 10.1 Å². The molecule has 0 atom stereocenters. The van der Waals surface area contributed by atoms with Gasteiger partial charge in [0.2, 0.25) is 5.91 Å². The minimum Gasteiger partial charge on any atom is -0.496 e. The smallest absolute Gasteiger partial charge is 0.230 e. The molecular formula is C19H20N4O2S2. The molecule has 1 aromatic carbocycles. The summed E-state index contributed by atoms with van der Waals surface area (Å²) in [4.78, 5) is 17.5. The number of methoxy groups -OCH3 is 1. The van der Waals surface area contributed by atoms with Crippen molar-refractivity contribution in [3.05, 3.63) is 52.7 Å². The van der Waals surface area contributed by atoms with Crippen molar-refractivity contribution >= 4 is 29.0 Å². The van der Waals surface area contributed by atoms with E-state index >= 15 is 0 Å². The molecule has 2 aromatic heterocycles. The number of hydrogen-bond donors (Lipinski definition) is 1. The van der Waals surface area contributed by atoms with Crippen LogP contribution in [0.1, 0.15) is 16.3 Å². The molecule has 0 saturated heterocycles. The maximum Gasteiger partial charge on any atom is 0.230 e. The third-order valence-corrected chi connectivity index (χ3v) is 5.81. The maximum atomic E-state index is 12.1. The third-order valence-electron chi connectivity index (χ3n) is 3.80. The molecule has 0 bridgehead atoms. The summed E-state index contributed by atoms with van der Waals surface area (Å²) in [6.07, 6.45) is 0. The number of ether oxygens (including phenoxy) is 1. The van der Waals surface area contributed by atoms with E-state index in [1.54, 1.807) is 18.4 Å². The van der Waals surface area contributed by atoms with Crippen LogP contribution in [0.15, 0.2) is 41.4 Å². The van der Waals surface area contributed by atoms with Crippen molar-refractivity contribution in [1.29, 1.82) is 0 Å². The number of rotatable bonds is 7. The fraction of sp³-hybridized carbons (Fsp3) is 0.263. The van der Waals surface area contributed by atoms with E-state index in [-0.39, 0.29) is 11.7 Å². The van der Waals surface area contributed by atoms with Gasteiger partial charge in [0.05, 0.1) is 28.4 Å². The average Bonchev–Trinajstić information content (AvgIpc) is 3.03. The largest absolute Gasteiger partial charge is 0.496 e. The van der Waals surface area contributed by atoms with Crippen molar-refractivity contribution in [2.45, 2.75) is 25.4 Å². The van der Waals surface area contributed by atoms with Gasteiger partial charge in [0.15, 0.2) is 0 Å². The highest BCUT2D eigenvalue weighted by Gasteiger charge is 2.11. The van der Waals surface area contributed by atoms with E-state index in [2.05, 4.69) is 20.5 Å². The second-order valence-corrected chi connectivity index (χ2v) is 7.98. The zero-order chi connectivity index (χ0) is 19.2. The molecule has 3 rings (SSSR count). The van der Waals surface area contributed by atoms with E-state index in [1.165, 1.54) is 11.8 Å². The fourth-order valence-electron chi connectivity index (χ4n) is 2.52. The quantitative estimate of drug-likeness (QED) is 0.610. The summed E-state index contributed by atoms with van der Waals surface area (Å²) >= 11 is 2.96. The lowest BCUT2D eigenvalue weighted by Crippen LogP contribution is -2.24. The lowest BCUT2D eigenvalue weighted by molar-refractivity contribution is -0.118. The van der Waals surface area contributed by atoms with Gasteiger partial charge in [-0.25, -0.2) is 4.98 Å². The molecular weight excluding hydrogens is 380 g/mol. The Morgan fingerprint density at radius 3 is 2.67 bits per heavy atom. The van der Waals surface area contributed by atoms with Crippen molar-refractivity contribution in [3.63, 3.8) is 0 Å². The topological polar surface area (TPSA) is 77.0 Å². The molecule has 0 spiro atoms. The number of aryl methyl sites for hydroxylation is 2. The number of carbonyl (C=O) groups is 1. The molecule has 27 heavy (non-hydrogen) atoms. The van der Waals surface area contributed by atoms with E-state index in [0.29, 0.717) is 11.6 Å². The number of carbonyl (C=O) groups excluding carboxylic acids is 1. The molecule has 0 aliphatic carbocycles. The minimum atomic E-state index is -0.0642. The van der Waals surface area contributed by atoms with Crippen molar-refractivity contribution in [2.24, 2.45) is 0 Å². The number of thiazole rings is 1. The molecule has 8 heteroatoms. The van der Waals surface area contributed by atoms with Crippen molar-refractivity contribution in [3.8, 4) is 16.3 Å². The average molecular weight is 401 g/mol. The molecule has 1 N–H and O–H groups in total. The second kappa shape index (κ2) is 8.96. The SMILES string of the molecule is COc1ccccc1CNC(=O)CSc1ccc(-c2sc(C)nc2C)nn1. The predicted molar refractivity (Wildman–Crippen MR) is 108 cm³/mol. The van der Waals surface area contributed by atoms with Crippen LogP contribution in [0.3, 0.4) is 0 Å². The first-order chi connectivity index (χ1) is 13.1. The number of amides is 1. The van der Waals surface area contributed by atoms with Crippen LogP contribution in [0.5, 0.6) is 5.75 Å². The molecule has 0 unspecified atom stereocenters. The first kappa shape index (κ1) is 19.3. The Kier molecular flexibility index (Phi) is 6.41. The molecule has 1 amide bonds. The van der Waals surface area contributed by atoms with Gasteiger partial charge < -0.3 is 10.1 Å². The Hall–Kier alpha value is -2.45. The Morgan fingerprint density at radius 2 is 2.00 bits per heavy atom. The van der Waals surface area contributed by atoms with Crippen LogP contribution in [-0.2, 0) is 11.3 Å². The van der Waals surface area contributed by atoms with E-state index in [0.717, 1.165) is 32.6 Å². The van der Waals surface area contributed by atoms with Crippen molar-refractivity contribution < 1.29 is 9.53 Å². The van der Waals surface area contributed by atoms with E-state index in [9.17, 15) is 4.79 Å². The molecule has 6 nitrogen and oxygen atoms in total. The van der Waals surface area contributed by atoms with Crippen LogP contribution in [0.25, 0.3) is 10.6 Å². The highest BCUT2D eigenvalue weighted by Crippen LogP contribution is 2.28. The van der Waals surface area contributed by atoms with E-state index < -0.39 is 0 Å². The molecule has 3 aromatic rings. The summed E-state index contributed by atoms with van der Waals surface area (Å²) in [5, 5.41) is 13.1. The molecule has 140 valence electrons. The van der Waals surface area contributed by atoms with Gasteiger partial charge in [-0.2, -0.15) is 0 Å². The van der Waals surface area contributed by atoms with Gasteiger partial charge in [-0.05, 0) is 32.0 Å². The first-order valence-corrected chi connectivity index (χ1v) is 10.2. The summed E-state index contributed by atoms with van der Waals surface area (Å²) in [6, 6.07) is 11.4. The zero-order valence-electron chi connectivity index (χ0n) is 15.4. The Balaban J connectivity index is 1.52. The van der Waals surface area contributed by atoms with Crippen molar-refractivity contribution in [1.82, 2.24) is 20.5 Å². The Labute approximate surface area is 166 Å². The maximum absolute atomic E-state index is 12.1. The molecule has 0 aliphatic rings. The summed E-state index contributed by atoms with van der Waals surface area (Å²) in [7, 11) is 1.62. The Morgan fingerprint density at radius 1 is 1.19 bits per heavy atom. The normalized spacial score (nSPS) is 10.6. The second-order valence-electron chi connectivity index (χ2n) is 5.78. The minimum absolute atomic E-state index is 0.0642. The van der Waals surface area contributed by atoms with Crippen LogP contribution in [0.4, 0.5) is 0 Å². The number of para-hydroxylation sites is 1. The molecule has 0 radical (unpaired) electrons.